The third-order valence-corrected chi connectivity index (χ3v) is 6.57. The van der Waals surface area contributed by atoms with Crippen LogP contribution in [0, 0.1) is 5.92 Å². The highest BCUT2D eigenvalue weighted by molar-refractivity contribution is 7.99. The molecule has 2 aliphatic heterocycles. The molecule has 0 bridgehead atoms. The van der Waals surface area contributed by atoms with Crippen LogP contribution in [0.2, 0.25) is 0 Å². The van der Waals surface area contributed by atoms with Crippen LogP contribution in [0.25, 0.3) is 10.9 Å². The van der Waals surface area contributed by atoms with Crippen LogP contribution in [0.4, 0.5) is 0 Å². The number of rotatable bonds is 1. The molecule has 0 spiro atoms. The van der Waals surface area contributed by atoms with Crippen molar-refractivity contribution in [3.05, 3.63) is 30.0 Å². The first kappa shape index (κ1) is 12.8. The van der Waals surface area contributed by atoms with Crippen molar-refractivity contribution in [2.24, 2.45) is 5.92 Å². The highest BCUT2D eigenvalue weighted by atomic mass is 32.2. The maximum absolute atomic E-state index is 3.77. The summed E-state index contributed by atoms with van der Waals surface area (Å²) in [5.41, 5.74) is 3.11. The Labute approximate surface area is 124 Å². The summed E-state index contributed by atoms with van der Waals surface area (Å²) in [4.78, 5) is 7.09. The van der Waals surface area contributed by atoms with Crippen molar-refractivity contribution < 1.29 is 4.90 Å². The average Bonchev–Trinajstić information content (AvgIpc) is 2.96. The fraction of sp³-hybridized carbons (Fsp3) is 0.529. The minimum Gasteiger partial charge on any atom is -0.352 e. The van der Waals surface area contributed by atoms with Gasteiger partial charge in [0, 0.05) is 33.9 Å². The second-order valence-electron chi connectivity index (χ2n) is 6.59. The first-order chi connectivity index (χ1) is 9.72. The largest absolute Gasteiger partial charge is 0.352 e. The van der Waals surface area contributed by atoms with E-state index >= 15 is 0 Å². The fourth-order valence-electron chi connectivity index (χ4n) is 4.24. The second-order valence-corrected chi connectivity index (χ2v) is 7.70. The smallest absolute Gasteiger partial charge is 0.137 e. The summed E-state index contributed by atoms with van der Waals surface area (Å²) in [6.45, 7) is 7.48. The molecule has 106 valence electrons. The molecular formula is C17H23N2S+. The Morgan fingerprint density at radius 1 is 1.40 bits per heavy atom. The SMILES string of the molecule is CC[C@@H]1C[NH+]2CCSc3c([nH]c4ccccc34)[C@@]2(C)C1. The molecule has 1 saturated heterocycles. The van der Waals surface area contributed by atoms with Gasteiger partial charge in [0.15, 0.2) is 0 Å². The summed E-state index contributed by atoms with van der Waals surface area (Å²) < 4.78 is 0. The van der Waals surface area contributed by atoms with Crippen LogP contribution in [0.3, 0.4) is 0 Å². The number of aromatic nitrogens is 1. The number of aromatic amines is 1. The molecule has 0 saturated carbocycles. The van der Waals surface area contributed by atoms with Crippen molar-refractivity contribution in [3.8, 4) is 0 Å². The molecule has 1 aromatic carbocycles. The second kappa shape index (κ2) is 4.54. The van der Waals surface area contributed by atoms with E-state index in [1.165, 1.54) is 53.2 Å². The molecule has 0 amide bonds. The van der Waals surface area contributed by atoms with Gasteiger partial charge in [0.25, 0.3) is 0 Å². The highest BCUT2D eigenvalue weighted by Gasteiger charge is 2.50. The molecule has 1 fully saturated rings. The molecule has 3 heterocycles. The Bertz CT molecular complexity index is 647. The van der Waals surface area contributed by atoms with Crippen molar-refractivity contribution in [1.82, 2.24) is 4.98 Å². The zero-order valence-corrected chi connectivity index (χ0v) is 13.1. The van der Waals surface area contributed by atoms with E-state index < -0.39 is 0 Å². The van der Waals surface area contributed by atoms with Gasteiger partial charge in [0.2, 0.25) is 0 Å². The molecule has 2 aromatic rings. The van der Waals surface area contributed by atoms with Crippen LogP contribution in [0.5, 0.6) is 0 Å². The normalized spacial score (nSPS) is 32.9. The van der Waals surface area contributed by atoms with Crippen LogP contribution in [-0.2, 0) is 5.54 Å². The quantitative estimate of drug-likeness (QED) is 0.826. The summed E-state index contributed by atoms with van der Waals surface area (Å²) in [5, 5.41) is 1.43. The van der Waals surface area contributed by atoms with Crippen LogP contribution >= 0.6 is 11.8 Å². The van der Waals surface area contributed by atoms with E-state index in [1.54, 1.807) is 4.90 Å². The van der Waals surface area contributed by atoms with Gasteiger partial charge in [-0.2, -0.15) is 0 Å². The Kier molecular flexibility index (Phi) is 2.90. The van der Waals surface area contributed by atoms with Gasteiger partial charge in [-0.25, -0.2) is 0 Å². The summed E-state index contributed by atoms with van der Waals surface area (Å²) in [7, 11) is 0. The third-order valence-electron chi connectivity index (χ3n) is 5.45. The van der Waals surface area contributed by atoms with Crippen molar-refractivity contribution in [1.29, 1.82) is 0 Å². The molecule has 1 unspecified atom stereocenters. The Morgan fingerprint density at radius 3 is 3.10 bits per heavy atom. The number of para-hydroxylation sites is 1. The number of quaternary nitrogens is 1. The predicted octanol–water partition coefficient (Wildman–Crippen LogP) is 2.80. The van der Waals surface area contributed by atoms with E-state index in [1.807, 2.05) is 0 Å². The van der Waals surface area contributed by atoms with Gasteiger partial charge >= 0.3 is 0 Å². The average molecular weight is 287 g/mol. The lowest BCUT2D eigenvalue weighted by Crippen LogP contribution is -3.16. The summed E-state index contributed by atoms with van der Waals surface area (Å²) >= 11 is 2.06. The van der Waals surface area contributed by atoms with Crippen LogP contribution in [0.1, 0.15) is 32.4 Å². The Hall–Kier alpha value is -0.930. The number of H-pyrrole nitrogens is 1. The zero-order valence-electron chi connectivity index (χ0n) is 12.3. The molecule has 2 aliphatic rings. The van der Waals surface area contributed by atoms with Gasteiger partial charge < -0.3 is 9.88 Å². The van der Waals surface area contributed by atoms with E-state index in [2.05, 4.69) is 54.9 Å². The molecular weight excluding hydrogens is 264 g/mol. The van der Waals surface area contributed by atoms with Gasteiger partial charge in [-0.3, -0.25) is 0 Å². The van der Waals surface area contributed by atoms with Crippen molar-refractivity contribution in [3.63, 3.8) is 0 Å². The number of thioether (sulfide) groups is 1. The Balaban J connectivity index is 1.91. The van der Waals surface area contributed by atoms with Crippen molar-refractivity contribution in [2.75, 3.05) is 18.8 Å². The van der Waals surface area contributed by atoms with Gasteiger partial charge in [0.05, 0.1) is 18.8 Å². The Morgan fingerprint density at radius 2 is 2.25 bits per heavy atom. The molecule has 20 heavy (non-hydrogen) atoms. The van der Waals surface area contributed by atoms with Gasteiger partial charge in [0.1, 0.15) is 5.54 Å². The van der Waals surface area contributed by atoms with Crippen molar-refractivity contribution in [2.45, 2.75) is 37.1 Å². The molecule has 0 radical (unpaired) electrons. The van der Waals surface area contributed by atoms with E-state index in [0.717, 1.165) is 5.92 Å². The van der Waals surface area contributed by atoms with Crippen LogP contribution in [0.15, 0.2) is 29.2 Å². The molecule has 4 rings (SSSR count). The van der Waals surface area contributed by atoms with Crippen LogP contribution in [-0.4, -0.2) is 23.8 Å². The third kappa shape index (κ3) is 1.69. The molecule has 3 atom stereocenters. The summed E-state index contributed by atoms with van der Waals surface area (Å²) in [6, 6.07) is 8.80. The van der Waals surface area contributed by atoms with Gasteiger partial charge in [-0.1, -0.05) is 25.1 Å². The van der Waals surface area contributed by atoms with Gasteiger partial charge in [-0.15, -0.1) is 11.8 Å². The molecule has 0 aliphatic carbocycles. The standard InChI is InChI=1S/C17H22N2S/c1-3-12-10-17(2)16-15(20-9-8-19(17)11-12)13-6-4-5-7-14(13)18-16/h4-7,12,18H,3,8-11H2,1-2H3/p+1/t12-,17+/m0/s1. The van der Waals surface area contributed by atoms with Crippen LogP contribution < -0.4 is 4.90 Å². The molecule has 1 aromatic heterocycles. The topological polar surface area (TPSA) is 20.2 Å². The minimum atomic E-state index is 0.290. The first-order valence-corrected chi connectivity index (χ1v) is 8.80. The van der Waals surface area contributed by atoms with E-state index in [0.29, 0.717) is 5.54 Å². The monoisotopic (exact) mass is 287 g/mol. The van der Waals surface area contributed by atoms with E-state index in [9.17, 15) is 0 Å². The minimum absolute atomic E-state index is 0.290. The predicted molar refractivity (Wildman–Crippen MR) is 85.5 cm³/mol. The summed E-state index contributed by atoms with van der Waals surface area (Å²) in [6.07, 6.45) is 2.65. The van der Waals surface area contributed by atoms with E-state index in [4.69, 9.17) is 0 Å². The number of benzene rings is 1. The fourth-order valence-corrected chi connectivity index (χ4v) is 5.55. The highest BCUT2D eigenvalue weighted by Crippen LogP contribution is 2.41. The lowest BCUT2D eigenvalue weighted by molar-refractivity contribution is -0.944. The van der Waals surface area contributed by atoms with Crippen molar-refractivity contribution >= 4 is 22.7 Å². The zero-order chi connectivity index (χ0) is 13.7. The maximum Gasteiger partial charge on any atom is 0.137 e. The number of hydrogen-bond donors (Lipinski definition) is 2. The number of nitrogens with one attached hydrogen (secondary N) is 2. The molecule has 2 nitrogen and oxygen atoms in total. The van der Waals surface area contributed by atoms with E-state index in [-0.39, 0.29) is 0 Å². The lowest BCUT2D eigenvalue weighted by atomic mass is 9.89. The van der Waals surface area contributed by atoms with Gasteiger partial charge in [-0.05, 0) is 19.4 Å². The summed E-state index contributed by atoms with van der Waals surface area (Å²) in [5.74, 6) is 2.13. The molecule has 2 N–H and O–H groups in total. The first-order valence-electron chi connectivity index (χ1n) is 7.81. The number of fused-ring (bicyclic) bond motifs is 5. The lowest BCUT2D eigenvalue weighted by Gasteiger charge is -2.29. The maximum atomic E-state index is 3.77. The molecule has 3 heteroatoms. The number of hydrogen-bond acceptors (Lipinski definition) is 1.